The molecule has 16 heavy (non-hydrogen) atoms. The van der Waals surface area contributed by atoms with Crippen molar-refractivity contribution in [3.8, 4) is 0 Å². The van der Waals surface area contributed by atoms with Crippen LogP contribution in [0.2, 0.25) is 0 Å². The van der Waals surface area contributed by atoms with Crippen LogP contribution in [0.3, 0.4) is 0 Å². The average molecular weight is 238 g/mol. The van der Waals surface area contributed by atoms with Gasteiger partial charge in [-0.05, 0) is 12.8 Å². The minimum absolute atomic E-state index is 0.0665. The van der Waals surface area contributed by atoms with Crippen LogP contribution in [-0.4, -0.2) is 25.9 Å². The Labute approximate surface area is 97.3 Å². The lowest BCUT2D eigenvalue weighted by Crippen LogP contribution is -2.13. The average Bonchev–Trinajstić information content (AvgIpc) is 2.27. The lowest BCUT2D eigenvalue weighted by Gasteiger charge is -2.12. The smallest absolute Gasteiger partial charge is 0.198 e. The molecule has 0 rings (SSSR count). The van der Waals surface area contributed by atoms with Crippen molar-refractivity contribution in [1.29, 1.82) is 0 Å². The summed E-state index contributed by atoms with van der Waals surface area (Å²) in [5, 5.41) is 0. The molecule has 0 aliphatic carbocycles. The summed E-state index contributed by atoms with van der Waals surface area (Å²) in [7, 11) is 0. The molecule has 0 spiro atoms. The highest BCUT2D eigenvalue weighted by molar-refractivity contribution is 4.49. The molecule has 2 atom stereocenters. The molecule has 0 fully saturated rings. The lowest BCUT2D eigenvalue weighted by molar-refractivity contribution is -0.0816. The van der Waals surface area contributed by atoms with Crippen LogP contribution >= 0.6 is 0 Å². The molecule has 0 radical (unpaired) electrons. The van der Waals surface area contributed by atoms with Gasteiger partial charge >= 0.3 is 0 Å². The minimum Gasteiger partial charge on any atom is -0.348 e. The molecule has 0 saturated carbocycles. The van der Waals surface area contributed by atoms with Gasteiger partial charge in [-0.2, -0.15) is 0 Å². The fourth-order valence-electron chi connectivity index (χ4n) is 1.14. The molecule has 0 aromatic rings. The van der Waals surface area contributed by atoms with Gasteiger partial charge in [0, 0.05) is 12.8 Å². The Hall–Kier alpha value is -0.220. The van der Waals surface area contributed by atoms with E-state index in [0.29, 0.717) is 13.2 Å². The van der Waals surface area contributed by atoms with Gasteiger partial charge in [0.25, 0.3) is 0 Å². The van der Waals surface area contributed by atoms with E-state index in [4.69, 9.17) is 9.47 Å². The first-order valence-electron chi connectivity index (χ1n) is 6.22. The number of hydrogen-bond acceptors (Lipinski definition) is 2. The number of unbranched alkanes of at least 4 members (excludes halogenated alkanes) is 2. The van der Waals surface area contributed by atoms with Crippen LogP contribution in [0.4, 0.5) is 8.78 Å². The van der Waals surface area contributed by atoms with Crippen LogP contribution in [0.25, 0.3) is 0 Å². The summed E-state index contributed by atoms with van der Waals surface area (Å²) in [6.45, 7) is 4.84. The van der Waals surface area contributed by atoms with E-state index in [0.717, 1.165) is 25.7 Å². The van der Waals surface area contributed by atoms with Crippen LogP contribution < -0.4 is 0 Å². The lowest BCUT2D eigenvalue weighted by atomic mass is 10.3. The molecule has 0 saturated heterocycles. The second-order valence-electron chi connectivity index (χ2n) is 3.85. The van der Waals surface area contributed by atoms with Crippen molar-refractivity contribution in [2.45, 2.75) is 65.1 Å². The van der Waals surface area contributed by atoms with Crippen molar-refractivity contribution in [2.24, 2.45) is 0 Å². The first-order valence-corrected chi connectivity index (χ1v) is 6.22. The van der Waals surface area contributed by atoms with Crippen molar-refractivity contribution in [3.05, 3.63) is 0 Å². The Morgan fingerprint density at radius 3 is 1.50 bits per heavy atom. The Morgan fingerprint density at radius 1 is 0.812 bits per heavy atom. The summed E-state index contributed by atoms with van der Waals surface area (Å²) in [5.41, 5.74) is 0. The van der Waals surface area contributed by atoms with Gasteiger partial charge in [0.05, 0.1) is 13.2 Å². The molecule has 0 heterocycles. The van der Waals surface area contributed by atoms with E-state index >= 15 is 0 Å². The summed E-state index contributed by atoms with van der Waals surface area (Å²) < 4.78 is 35.8. The van der Waals surface area contributed by atoms with Crippen molar-refractivity contribution >= 4 is 0 Å². The molecule has 98 valence electrons. The minimum atomic E-state index is -1.36. The molecule has 4 heteroatoms. The first-order chi connectivity index (χ1) is 7.70. The largest absolute Gasteiger partial charge is 0.348 e. The van der Waals surface area contributed by atoms with Gasteiger partial charge in [-0.3, -0.25) is 0 Å². The summed E-state index contributed by atoms with van der Waals surface area (Å²) in [4.78, 5) is 0. The maximum absolute atomic E-state index is 13.0. The molecule has 0 N–H and O–H groups in total. The monoisotopic (exact) mass is 238 g/mol. The quantitative estimate of drug-likeness (QED) is 0.507. The van der Waals surface area contributed by atoms with E-state index in [1.165, 1.54) is 0 Å². The van der Waals surface area contributed by atoms with Crippen molar-refractivity contribution in [2.75, 3.05) is 13.2 Å². The number of alkyl halides is 2. The zero-order valence-electron chi connectivity index (χ0n) is 10.4. The molecule has 0 bridgehead atoms. The first kappa shape index (κ1) is 15.8. The Bertz CT molecular complexity index is 129. The Kier molecular flexibility index (Phi) is 11.1. The molecule has 0 aliphatic heterocycles. The summed E-state index contributed by atoms with van der Waals surface area (Å²) in [5.74, 6) is 0. The van der Waals surface area contributed by atoms with Crippen molar-refractivity contribution < 1.29 is 18.3 Å². The fraction of sp³-hybridized carbons (Fsp3) is 1.00. The van der Waals surface area contributed by atoms with E-state index in [2.05, 4.69) is 0 Å². The van der Waals surface area contributed by atoms with E-state index in [-0.39, 0.29) is 12.8 Å². The van der Waals surface area contributed by atoms with Crippen molar-refractivity contribution in [3.63, 3.8) is 0 Å². The number of rotatable bonds is 11. The SMILES string of the molecule is CCCCOC(F)CCC(F)OCCCC. The number of hydrogen-bond donors (Lipinski definition) is 0. The highest BCUT2D eigenvalue weighted by Crippen LogP contribution is 2.11. The van der Waals surface area contributed by atoms with E-state index in [9.17, 15) is 8.78 Å². The zero-order valence-corrected chi connectivity index (χ0v) is 10.4. The predicted octanol–water partition coefficient (Wildman–Crippen LogP) is 3.99. The number of halogens is 2. The van der Waals surface area contributed by atoms with Gasteiger partial charge < -0.3 is 9.47 Å². The van der Waals surface area contributed by atoms with Gasteiger partial charge in [-0.25, -0.2) is 8.78 Å². The van der Waals surface area contributed by atoms with Gasteiger partial charge in [0.1, 0.15) is 0 Å². The standard InChI is InChI=1S/C12H24F2O2/c1-3-5-9-15-11(13)7-8-12(14)16-10-6-4-2/h11-12H,3-10H2,1-2H3. The fourth-order valence-corrected chi connectivity index (χ4v) is 1.14. The van der Waals surface area contributed by atoms with E-state index < -0.39 is 12.7 Å². The maximum Gasteiger partial charge on any atom is 0.198 e. The van der Waals surface area contributed by atoms with Gasteiger partial charge in [-0.15, -0.1) is 0 Å². The summed E-state index contributed by atoms with van der Waals surface area (Å²) in [6, 6.07) is 0. The third kappa shape index (κ3) is 10.3. The third-order valence-corrected chi connectivity index (χ3v) is 2.21. The van der Waals surface area contributed by atoms with Crippen LogP contribution in [0.5, 0.6) is 0 Å². The third-order valence-electron chi connectivity index (χ3n) is 2.21. The van der Waals surface area contributed by atoms with Gasteiger partial charge in [-0.1, -0.05) is 26.7 Å². The summed E-state index contributed by atoms with van der Waals surface area (Å²) >= 11 is 0. The molecule has 2 nitrogen and oxygen atoms in total. The number of ether oxygens (including phenoxy) is 2. The molecular weight excluding hydrogens is 214 g/mol. The normalized spacial score (nSPS) is 15.0. The van der Waals surface area contributed by atoms with Crippen LogP contribution in [0.15, 0.2) is 0 Å². The Morgan fingerprint density at radius 2 is 1.19 bits per heavy atom. The molecule has 0 aromatic heterocycles. The van der Waals surface area contributed by atoms with Gasteiger partial charge in [0.2, 0.25) is 0 Å². The van der Waals surface area contributed by atoms with Crippen LogP contribution in [0, 0.1) is 0 Å². The maximum atomic E-state index is 13.0. The highest BCUT2D eigenvalue weighted by Gasteiger charge is 2.12. The van der Waals surface area contributed by atoms with Crippen LogP contribution in [0.1, 0.15) is 52.4 Å². The molecule has 0 aromatic carbocycles. The van der Waals surface area contributed by atoms with Gasteiger partial charge in [0.15, 0.2) is 12.7 Å². The van der Waals surface area contributed by atoms with Crippen LogP contribution in [-0.2, 0) is 9.47 Å². The zero-order chi connectivity index (χ0) is 12.2. The molecule has 0 amide bonds. The van der Waals surface area contributed by atoms with Crippen molar-refractivity contribution in [1.82, 2.24) is 0 Å². The Balaban J connectivity index is 3.32. The second-order valence-corrected chi connectivity index (χ2v) is 3.85. The summed E-state index contributed by atoms with van der Waals surface area (Å²) in [6.07, 6.45) is 1.03. The van der Waals surface area contributed by atoms with E-state index in [1.807, 2.05) is 13.8 Å². The molecule has 2 unspecified atom stereocenters. The molecular formula is C12H24F2O2. The molecule has 0 aliphatic rings. The topological polar surface area (TPSA) is 18.5 Å². The second kappa shape index (κ2) is 11.3. The van der Waals surface area contributed by atoms with E-state index in [1.54, 1.807) is 0 Å². The highest BCUT2D eigenvalue weighted by atomic mass is 19.2. The predicted molar refractivity (Wildman–Crippen MR) is 60.7 cm³/mol.